The van der Waals surface area contributed by atoms with Crippen LogP contribution >= 0.6 is 11.3 Å². The Labute approximate surface area is 129 Å². The maximum absolute atomic E-state index is 13.6. The smallest absolute Gasteiger partial charge is 0.245 e. The van der Waals surface area contributed by atoms with Crippen molar-refractivity contribution < 1.29 is 17.2 Å². The fourth-order valence-corrected chi connectivity index (χ4v) is 4.01. The van der Waals surface area contributed by atoms with Crippen LogP contribution in [0.1, 0.15) is 5.56 Å². The normalized spacial score (nSPS) is 11.9. The van der Waals surface area contributed by atoms with Gasteiger partial charge in [0.05, 0.1) is 15.7 Å². The molecule has 8 heteroatoms. The minimum absolute atomic E-state index is 0.0738. The Balaban J connectivity index is 1.91. The van der Waals surface area contributed by atoms with Gasteiger partial charge in [0.1, 0.15) is 11.6 Å². The minimum atomic E-state index is -4.29. The Morgan fingerprint density at radius 1 is 1.09 bits per heavy atom. The zero-order chi connectivity index (χ0) is 15.7. The minimum Gasteiger partial charge on any atom is -0.245 e. The molecule has 0 amide bonds. The highest BCUT2D eigenvalue weighted by molar-refractivity contribution is 7.89. The molecule has 1 aromatic heterocycles. The summed E-state index contributed by atoms with van der Waals surface area (Å²) in [5, 5.41) is 0. The van der Waals surface area contributed by atoms with Gasteiger partial charge in [-0.2, -0.15) is 0 Å². The van der Waals surface area contributed by atoms with E-state index in [0.717, 1.165) is 28.4 Å². The average Bonchev–Trinajstić information content (AvgIpc) is 2.93. The molecule has 22 heavy (non-hydrogen) atoms. The molecule has 3 rings (SSSR count). The molecule has 0 saturated heterocycles. The lowest BCUT2D eigenvalue weighted by atomic mass is 10.2. The summed E-state index contributed by atoms with van der Waals surface area (Å²) in [7, 11) is -4.29. The quantitative estimate of drug-likeness (QED) is 0.794. The van der Waals surface area contributed by atoms with E-state index < -0.39 is 26.6 Å². The molecule has 0 aliphatic heterocycles. The van der Waals surface area contributed by atoms with Crippen LogP contribution in [0.25, 0.3) is 10.2 Å². The van der Waals surface area contributed by atoms with E-state index in [0.29, 0.717) is 5.56 Å². The second-order valence-electron chi connectivity index (χ2n) is 4.49. The highest BCUT2D eigenvalue weighted by Gasteiger charge is 2.23. The zero-order valence-corrected chi connectivity index (χ0v) is 12.7. The van der Waals surface area contributed by atoms with Crippen LogP contribution in [0.5, 0.6) is 0 Å². The predicted octanol–water partition coefficient (Wildman–Crippen LogP) is 3.05. The van der Waals surface area contributed by atoms with Crippen molar-refractivity contribution in [3.05, 3.63) is 59.1 Å². The number of rotatable bonds is 4. The van der Waals surface area contributed by atoms with E-state index in [4.69, 9.17) is 0 Å². The number of sulfonamides is 1. The van der Waals surface area contributed by atoms with Crippen molar-refractivity contribution in [1.82, 2.24) is 9.71 Å². The van der Waals surface area contributed by atoms with Crippen LogP contribution in [0, 0.1) is 11.6 Å². The summed E-state index contributed by atoms with van der Waals surface area (Å²) in [4.78, 5) is 3.17. The van der Waals surface area contributed by atoms with Crippen molar-refractivity contribution in [2.75, 3.05) is 0 Å². The third kappa shape index (κ3) is 2.72. The molecule has 1 N–H and O–H groups in total. The van der Waals surface area contributed by atoms with E-state index in [-0.39, 0.29) is 6.54 Å². The van der Waals surface area contributed by atoms with Gasteiger partial charge in [-0.3, -0.25) is 0 Å². The molecule has 1 heterocycles. The molecule has 0 unspecified atom stereocenters. The average molecular weight is 340 g/mol. The lowest BCUT2D eigenvalue weighted by Gasteiger charge is -2.09. The SMILES string of the molecule is O=S(=O)(NCc1cccc2ncsc12)c1c(F)cccc1F. The highest BCUT2D eigenvalue weighted by atomic mass is 32.2. The fraction of sp³-hybridized carbons (Fsp3) is 0.0714. The molecule has 2 aromatic carbocycles. The maximum Gasteiger partial charge on any atom is 0.246 e. The van der Waals surface area contributed by atoms with Crippen LogP contribution in [-0.2, 0) is 16.6 Å². The predicted molar refractivity (Wildman–Crippen MR) is 80.0 cm³/mol. The molecule has 4 nitrogen and oxygen atoms in total. The molecule has 0 spiro atoms. The summed E-state index contributed by atoms with van der Waals surface area (Å²) in [6.07, 6.45) is 0. The lowest BCUT2D eigenvalue weighted by molar-refractivity contribution is 0.514. The summed E-state index contributed by atoms with van der Waals surface area (Å²) in [6, 6.07) is 8.21. The van der Waals surface area contributed by atoms with Crippen molar-refractivity contribution in [3.63, 3.8) is 0 Å². The van der Waals surface area contributed by atoms with E-state index in [2.05, 4.69) is 9.71 Å². The first kappa shape index (κ1) is 15.0. The number of halogens is 2. The van der Waals surface area contributed by atoms with Gasteiger partial charge in [0.25, 0.3) is 0 Å². The van der Waals surface area contributed by atoms with E-state index >= 15 is 0 Å². The Morgan fingerprint density at radius 2 is 1.77 bits per heavy atom. The number of nitrogens with zero attached hydrogens (tertiary/aromatic N) is 1. The Morgan fingerprint density at radius 3 is 2.50 bits per heavy atom. The van der Waals surface area contributed by atoms with Gasteiger partial charge in [-0.15, -0.1) is 11.3 Å². The second kappa shape index (κ2) is 5.71. The third-order valence-electron chi connectivity index (χ3n) is 3.08. The van der Waals surface area contributed by atoms with Crippen LogP contribution in [0.15, 0.2) is 46.8 Å². The van der Waals surface area contributed by atoms with E-state index in [1.807, 2.05) is 0 Å². The van der Waals surface area contributed by atoms with Crippen LogP contribution in [0.3, 0.4) is 0 Å². The van der Waals surface area contributed by atoms with Gasteiger partial charge in [-0.25, -0.2) is 26.9 Å². The molecular formula is C14H10F2N2O2S2. The summed E-state index contributed by atoms with van der Waals surface area (Å²) in [5.41, 5.74) is 3.10. The standard InChI is InChI=1S/C14H10F2N2O2S2/c15-10-4-2-5-11(16)14(10)22(19,20)18-7-9-3-1-6-12-13(9)21-8-17-12/h1-6,8,18H,7H2. The monoisotopic (exact) mass is 340 g/mol. The van der Waals surface area contributed by atoms with Crippen molar-refractivity contribution in [2.24, 2.45) is 0 Å². The van der Waals surface area contributed by atoms with Gasteiger partial charge in [-0.05, 0) is 23.8 Å². The van der Waals surface area contributed by atoms with Gasteiger partial charge in [0.2, 0.25) is 10.0 Å². The Kier molecular flexibility index (Phi) is 3.90. The number of benzene rings is 2. The molecule has 0 radical (unpaired) electrons. The van der Waals surface area contributed by atoms with Crippen LogP contribution in [-0.4, -0.2) is 13.4 Å². The largest absolute Gasteiger partial charge is 0.246 e. The second-order valence-corrected chi connectivity index (χ2v) is 7.05. The van der Waals surface area contributed by atoms with Crippen molar-refractivity contribution in [2.45, 2.75) is 11.4 Å². The van der Waals surface area contributed by atoms with Gasteiger partial charge in [0, 0.05) is 6.54 Å². The molecule has 0 aliphatic carbocycles. The first-order valence-electron chi connectivity index (χ1n) is 6.24. The molecule has 0 saturated carbocycles. The van der Waals surface area contributed by atoms with Crippen LogP contribution in [0.4, 0.5) is 8.78 Å². The van der Waals surface area contributed by atoms with Gasteiger partial charge in [0.15, 0.2) is 4.90 Å². The lowest BCUT2D eigenvalue weighted by Crippen LogP contribution is -2.25. The van der Waals surface area contributed by atoms with Gasteiger partial charge < -0.3 is 0 Å². The topological polar surface area (TPSA) is 59.1 Å². The number of hydrogen-bond donors (Lipinski definition) is 1. The Hall–Kier alpha value is -1.90. The first-order chi connectivity index (χ1) is 10.5. The van der Waals surface area contributed by atoms with Crippen molar-refractivity contribution >= 4 is 31.6 Å². The number of nitrogens with one attached hydrogen (secondary N) is 1. The molecule has 0 aliphatic rings. The van der Waals surface area contributed by atoms with Crippen molar-refractivity contribution in [3.8, 4) is 0 Å². The van der Waals surface area contributed by atoms with E-state index in [9.17, 15) is 17.2 Å². The highest BCUT2D eigenvalue weighted by Crippen LogP contribution is 2.23. The molecule has 0 atom stereocenters. The van der Waals surface area contributed by atoms with Gasteiger partial charge >= 0.3 is 0 Å². The maximum atomic E-state index is 13.6. The summed E-state index contributed by atoms with van der Waals surface area (Å²) in [5.74, 6) is -2.24. The molecule has 0 bridgehead atoms. The molecular weight excluding hydrogens is 330 g/mol. The van der Waals surface area contributed by atoms with Gasteiger partial charge in [-0.1, -0.05) is 18.2 Å². The van der Waals surface area contributed by atoms with Crippen LogP contribution < -0.4 is 4.72 Å². The van der Waals surface area contributed by atoms with E-state index in [1.54, 1.807) is 23.7 Å². The van der Waals surface area contributed by atoms with E-state index in [1.165, 1.54) is 11.3 Å². The molecule has 114 valence electrons. The number of aromatic nitrogens is 1. The molecule has 3 aromatic rings. The fourth-order valence-electron chi connectivity index (χ4n) is 2.07. The number of fused-ring (bicyclic) bond motifs is 1. The van der Waals surface area contributed by atoms with Crippen LogP contribution in [0.2, 0.25) is 0 Å². The summed E-state index contributed by atoms with van der Waals surface area (Å²) >= 11 is 1.37. The summed E-state index contributed by atoms with van der Waals surface area (Å²) < 4.78 is 54.5. The third-order valence-corrected chi connectivity index (χ3v) is 5.45. The summed E-state index contributed by atoms with van der Waals surface area (Å²) in [6.45, 7) is -0.0738. The Bertz CT molecular complexity index is 919. The molecule has 0 fully saturated rings. The zero-order valence-electron chi connectivity index (χ0n) is 11.1. The number of hydrogen-bond acceptors (Lipinski definition) is 4. The first-order valence-corrected chi connectivity index (χ1v) is 8.60. The van der Waals surface area contributed by atoms with Crippen molar-refractivity contribution in [1.29, 1.82) is 0 Å². The number of thiazole rings is 1.